The summed E-state index contributed by atoms with van der Waals surface area (Å²) in [4.78, 5) is 48.5. The first-order chi connectivity index (χ1) is 15.5. The maximum Gasteiger partial charge on any atom is 0.275 e. The standard InChI is InChI=1S/C21H20N6O3S2/c1-11-9-15(28)27(21(11)30)26-18-16-13(19(29)23-12-4-6-22-7-5-12)10-32-20(16)25-17(24-18)14-3-2-8-31-14/h2-3,8-10,12,22H,4-7H2,1H3,(H,23,29)(H,24,25,26). The maximum atomic E-state index is 13.1. The number of hydrogen-bond acceptors (Lipinski definition) is 9. The Morgan fingerprint density at radius 1 is 1.22 bits per heavy atom. The number of hydrogen-bond donors (Lipinski definition) is 3. The molecule has 5 heterocycles. The zero-order valence-electron chi connectivity index (χ0n) is 17.2. The minimum absolute atomic E-state index is 0.0926. The van der Waals surface area contributed by atoms with Gasteiger partial charge in [-0.25, -0.2) is 9.97 Å². The lowest BCUT2D eigenvalue weighted by Gasteiger charge is -2.23. The molecule has 1 fully saturated rings. The van der Waals surface area contributed by atoms with Crippen LogP contribution in [-0.2, 0) is 9.59 Å². The van der Waals surface area contributed by atoms with E-state index in [2.05, 4.69) is 26.0 Å². The predicted octanol–water partition coefficient (Wildman–Crippen LogP) is 2.54. The van der Waals surface area contributed by atoms with Crippen LogP contribution in [0.1, 0.15) is 30.1 Å². The van der Waals surface area contributed by atoms with Crippen molar-refractivity contribution in [2.75, 3.05) is 18.5 Å². The molecule has 0 bridgehead atoms. The van der Waals surface area contributed by atoms with Crippen molar-refractivity contribution in [1.82, 2.24) is 25.6 Å². The van der Waals surface area contributed by atoms with Crippen molar-refractivity contribution >= 4 is 56.4 Å². The molecular weight excluding hydrogens is 448 g/mol. The van der Waals surface area contributed by atoms with Gasteiger partial charge >= 0.3 is 0 Å². The van der Waals surface area contributed by atoms with Crippen molar-refractivity contribution in [1.29, 1.82) is 0 Å². The quantitative estimate of drug-likeness (QED) is 0.493. The topological polar surface area (TPSA) is 116 Å². The molecule has 0 aliphatic carbocycles. The molecule has 3 amide bonds. The van der Waals surface area contributed by atoms with Gasteiger partial charge in [-0.05, 0) is 44.3 Å². The van der Waals surface area contributed by atoms with Crippen LogP contribution in [0, 0.1) is 0 Å². The highest BCUT2D eigenvalue weighted by atomic mass is 32.1. The zero-order valence-corrected chi connectivity index (χ0v) is 18.8. The van der Waals surface area contributed by atoms with Gasteiger partial charge in [0.05, 0.1) is 15.8 Å². The average molecular weight is 469 g/mol. The number of fused-ring (bicyclic) bond motifs is 1. The Hall–Kier alpha value is -3.15. The van der Waals surface area contributed by atoms with Crippen molar-refractivity contribution in [3.8, 4) is 10.7 Å². The fraction of sp³-hybridized carbons (Fsp3) is 0.286. The molecule has 32 heavy (non-hydrogen) atoms. The fourth-order valence-electron chi connectivity index (χ4n) is 3.73. The summed E-state index contributed by atoms with van der Waals surface area (Å²) >= 11 is 2.81. The van der Waals surface area contributed by atoms with Gasteiger partial charge in [0.2, 0.25) is 0 Å². The molecule has 11 heteroatoms. The van der Waals surface area contributed by atoms with E-state index in [-0.39, 0.29) is 17.8 Å². The van der Waals surface area contributed by atoms with Gasteiger partial charge in [0.15, 0.2) is 11.6 Å². The average Bonchev–Trinajstić information content (AvgIpc) is 3.51. The van der Waals surface area contributed by atoms with Crippen LogP contribution in [0.25, 0.3) is 20.9 Å². The SMILES string of the molecule is CC1=CC(=O)N(Nc2nc(-c3cccs3)nc3scc(C(=O)NC4CCNCC4)c23)C1=O. The molecule has 0 radical (unpaired) electrons. The molecular formula is C21H20N6O3S2. The Morgan fingerprint density at radius 2 is 2.03 bits per heavy atom. The van der Waals surface area contributed by atoms with Crippen molar-refractivity contribution in [3.63, 3.8) is 0 Å². The van der Waals surface area contributed by atoms with E-state index < -0.39 is 11.8 Å². The molecule has 2 aliphatic rings. The second-order valence-corrected chi connectivity index (χ2v) is 9.42. The van der Waals surface area contributed by atoms with Crippen LogP contribution in [0.2, 0.25) is 0 Å². The number of thiophene rings is 2. The Balaban J connectivity index is 1.55. The number of nitrogens with one attached hydrogen (secondary N) is 3. The summed E-state index contributed by atoms with van der Waals surface area (Å²) < 4.78 is 0. The van der Waals surface area contributed by atoms with Crippen LogP contribution in [0.4, 0.5) is 5.82 Å². The van der Waals surface area contributed by atoms with Crippen LogP contribution in [0.5, 0.6) is 0 Å². The molecule has 0 aromatic carbocycles. The third-order valence-electron chi connectivity index (χ3n) is 5.41. The summed E-state index contributed by atoms with van der Waals surface area (Å²) in [5.41, 5.74) is 3.61. The van der Waals surface area contributed by atoms with E-state index in [4.69, 9.17) is 0 Å². The first-order valence-electron chi connectivity index (χ1n) is 10.2. The summed E-state index contributed by atoms with van der Waals surface area (Å²) in [7, 11) is 0. The van der Waals surface area contributed by atoms with E-state index in [1.807, 2.05) is 17.5 Å². The molecule has 0 saturated carbocycles. The molecule has 3 aromatic rings. The third-order valence-corrected chi connectivity index (χ3v) is 7.15. The molecule has 5 rings (SSSR count). The largest absolute Gasteiger partial charge is 0.349 e. The number of carbonyl (C=O) groups excluding carboxylic acids is 3. The first kappa shape index (κ1) is 20.7. The van der Waals surface area contributed by atoms with Gasteiger partial charge in [0.1, 0.15) is 4.83 Å². The molecule has 0 spiro atoms. The molecule has 0 atom stereocenters. The number of hydrazine groups is 1. The van der Waals surface area contributed by atoms with E-state index in [1.165, 1.54) is 28.7 Å². The van der Waals surface area contributed by atoms with Crippen LogP contribution in [-0.4, -0.2) is 51.8 Å². The predicted molar refractivity (Wildman–Crippen MR) is 123 cm³/mol. The maximum absolute atomic E-state index is 13.1. The first-order valence-corrected chi connectivity index (χ1v) is 12.0. The van der Waals surface area contributed by atoms with E-state index in [1.54, 1.807) is 12.3 Å². The number of carbonyl (C=O) groups is 3. The van der Waals surface area contributed by atoms with Crippen molar-refractivity contribution < 1.29 is 14.4 Å². The van der Waals surface area contributed by atoms with Crippen molar-refractivity contribution in [3.05, 3.63) is 40.1 Å². The Morgan fingerprint density at radius 3 is 2.72 bits per heavy atom. The second-order valence-electron chi connectivity index (χ2n) is 7.62. The Bertz CT molecular complexity index is 1240. The van der Waals surface area contributed by atoms with Crippen molar-refractivity contribution in [2.24, 2.45) is 0 Å². The van der Waals surface area contributed by atoms with E-state index in [0.29, 0.717) is 27.2 Å². The van der Waals surface area contributed by atoms with Crippen LogP contribution >= 0.6 is 22.7 Å². The van der Waals surface area contributed by atoms with Crippen molar-refractivity contribution in [2.45, 2.75) is 25.8 Å². The summed E-state index contributed by atoms with van der Waals surface area (Å²) in [6.07, 6.45) is 2.99. The van der Waals surface area contributed by atoms with Crippen LogP contribution < -0.4 is 16.1 Å². The van der Waals surface area contributed by atoms with Gasteiger partial charge < -0.3 is 10.6 Å². The van der Waals surface area contributed by atoms with Gasteiger partial charge in [-0.2, -0.15) is 5.01 Å². The summed E-state index contributed by atoms with van der Waals surface area (Å²) in [6, 6.07) is 3.88. The normalized spacial score (nSPS) is 17.2. The Kier molecular flexibility index (Phi) is 5.45. The number of anilines is 1. The second kappa shape index (κ2) is 8.41. The van der Waals surface area contributed by atoms with E-state index in [9.17, 15) is 14.4 Å². The number of amides is 3. The molecule has 3 aromatic heterocycles. The van der Waals surface area contributed by atoms with Crippen LogP contribution in [0.3, 0.4) is 0 Å². The molecule has 164 valence electrons. The summed E-state index contributed by atoms with van der Waals surface area (Å²) in [5.74, 6) is -0.429. The van der Waals surface area contributed by atoms with Gasteiger partial charge in [0, 0.05) is 23.1 Å². The van der Waals surface area contributed by atoms with Gasteiger partial charge in [-0.15, -0.1) is 22.7 Å². The third kappa shape index (κ3) is 3.78. The molecule has 1 saturated heterocycles. The molecule has 0 unspecified atom stereocenters. The number of aromatic nitrogens is 2. The summed E-state index contributed by atoms with van der Waals surface area (Å²) in [5, 5.41) is 11.4. The van der Waals surface area contributed by atoms with E-state index >= 15 is 0 Å². The number of piperidine rings is 1. The number of rotatable bonds is 5. The highest BCUT2D eigenvalue weighted by Crippen LogP contribution is 2.34. The van der Waals surface area contributed by atoms with Gasteiger partial charge in [-0.1, -0.05) is 6.07 Å². The highest BCUT2D eigenvalue weighted by Gasteiger charge is 2.31. The van der Waals surface area contributed by atoms with E-state index in [0.717, 1.165) is 35.8 Å². The van der Waals surface area contributed by atoms with Gasteiger partial charge in [-0.3, -0.25) is 19.8 Å². The lowest BCUT2D eigenvalue weighted by Crippen LogP contribution is -2.42. The lowest BCUT2D eigenvalue weighted by atomic mass is 10.1. The smallest absolute Gasteiger partial charge is 0.275 e. The highest BCUT2D eigenvalue weighted by molar-refractivity contribution is 7.17. The monoisotopic (exact) mass is 468 g/mol. The number of imide groups is 1. The Labute approximate surface area is 191 Å². The fourth-order valence-corrected chi connectivity index (χ4v) is 5.31. The number of nitrogens with zero attached hydrogens (tertiary/aromatic N) is 3. The minimum atomic E-state index is -0.479. The molecule has 9 nitrogen and oxygen atoms in total. The zero-order chi connectivity index (χ0) is 22.2. The summed E-state index contributed by atoms with van der Waals surface area (Å²) in [6.45, 7) is 3.30. The molecule has 3 N–H and O–H groups in total. The molecule has 2 aliphatic heterocycles. The van der Waals surface area contributed by atoms with Crippen LogP contribution in [0.15, 0.2) is 34.5 Å². The van der Waals surface area contributed by atoms with Gasteiger partial charge in [0.25, 0.3) is 17.7 Å². The lowest BCUT2D eigenvalue weighted by molar-refractivity contribution is -0.135. The minimum Gasteiger partial charge on any atom is -0.349 e.